The van der Waals surface area contributed by atoms with Crippen LogP contribution in [-0.2, 0) is 17.8 Å². The molecule has 1 aliphatic heterocycles. The molecule has 0 bridgehead atoms. The molecule has 1 atom stereocenters. The number of piperidine rings is 1. The number of nitrogens with one attached hydrogen (secondary N) is 1. The lowest BCUT2D eigenvalue weighted by Gasteiger charge is -2.38. The maximum absolute atomic E-state index is 12.8. The molecule has 25 heavy (non-hydrogen) atoms. The number of carbonyl (C=O) groups is 1. The van der Waals surface area contributed by atoms with Gasteiger partial charge in [-0.1, -0.05) is 30.3 Å². The summed E-state index contributed by atoms with van der Waals surface area (Å²) in [6.45, 7) is 4.48. The molecule has 3 rings (SSSR count). The number of nitrogens with zero attached hydrogens (tertiary/aromatic N) is 1. The van der Waals surface area contributed by atoms with Crippen molar-refractivity contribution >= 4 is 17.2 Å². The minimum atomic E-state index is -1.28. The van der Waals surface area contributed by atoms with Gasteiger partial charge < -0.3 is 15.3 Å². The van der Waals surface area contributed by atoms with Crippen molar-refractivity contribution in [2.24, 2.45) is 0 Å². The van der Waals surface area contributed by atoms with Crippen LogP contribution in [0, 0.1) is 6.92 Å². The average molecular weight is 359 g/mol. The predicted molar refractivity (Wildman–Crippen MR) is 102 cm³/mol. The van der Waals surface area contributed by atoms with Gasteiger partial charge in [0.15, 0.2) is 5.60 Å². The number of aliphatic hydroxyl groups is 1. The topological polar surface area (TPSA) is 52.6 Å². The largest absolute Gasteiger partial charge is 0.379 e. The Labute approximate surface area is 153 Å². The summed E-state index contributed by atoms with van der Waals surface area (Å²) in [4.78, 5) is 17.1. The zero-order valence-electron chi connectivity index (χ0n) is 14.7. The molecule has 1 saturated heterocycles. The van der Waals surface area contributed by atoms with Crippen molar-refractivity contribution in [3.8, 4) is 0 Å². The lowest BCUT2D eigenvalue weighted by Crippen LogP contribution is -2.58. The number of rotatable bonds is 7. The van der Waals surface area contributed by atoms with E-state index >= 15 is 0 Å². The fourth-order valence-corrected chi connectivity index (χ4v) is 4.18. The third-order valence-electron chi connectivity index (χ3n) is 4.73. The summed E-state index contributed by atoms with van der Waals surface area (Å²) in [6, 6.07) is 14.4. The van der Waals surface area contributed by atoms with Crippen LogP contribution in [0.2, 0.25) is 0 Å². The predicted octanol–water partition coefficient (Wildman–Crippen LogP) is 2.74. The summed E-state index contributed by atoms with van der Waals surface area (Å²) in [6.07, 6.45) is 2.20. The van der Waals surface area contributed by atoms with Gasteiger partial charge in [0.1, 0.15) is 0 Å². The quantitative estimate of drug-likeness (QED) is 0.800. The van der Waals surface area contributed by atoms with Crippen LogP contribution in [-0.4, -0.2) is 41.1 Å². The molecule has 1 aromatic carbocycles. The van der Waals surface area contributed by atoms with Gasteiger partial charge in [-0.15, -0.1) is 11.3 Å². The van der Waals surface area contributed by atoms with E-state index in [0.29, 0.717) is 26.1 Å². The summed E-state index contributed by atoms with van der Waals surface area (Å²) in [5, 5.41) is 14.1. The minimum absolute atomic E-state index is 0.135. The Morgan fingerprint density at radius 1 is 1.24 bits per heavy atom. The summed E-state index contributed by atoms with van der Waals surface area (Å²) >= 11 is 1.74. The van der Waals surface area contributed by atoms with Crippen LogP contribution in [0.15, 0.2) is 42.5 Å². The molecule has 0 spiro atoms. The van der Waals surface area contributed by atoms with Crippen molar-refractivity contribution in [3.63, 3.8) is 0 Å². The molecule has 4 nitrogen and oxygen atoms in total. The van der Waals surface area contributed by atoms with Gasteiger partial charge >= 0.3 is 0 Å². The van der Waals surface area contributed by atoms with E-state index in [4.69, 9.17) is 0 Å². The Kier molecular flexibility index (Phi) is 5.89. The molecule has 5 heteroatoms. The molecule has 1 aromatic heterocycles. The van der Waals surface area contributed by atoms with Crippen molar-refractivity contribution < 1.29 is 9.90 Å². The SMILES string of the molecule is Cc1ccc(CNC[C@]2(O)CCCN(CCc3ccccc3)C2=O)s1. The van der Waals surface area contributed by atoms with Crippen LogP contribution in [0.5, 0.6) is 0 Å². The second-order valence-electron chi connectivity index (χ2n) is 6.78. The summed E-state index contributed by atoms with van der Waals surface area (Å²) in [5.41, 5.74) is -0.0584. The monoisotopic (exact) mass is 358 g/mol. The molecule has 0 saturated carbocycles. The number of thiophene rings is 1. The average Bonchev–Trinajstić information content (AvgIpc) is 3.03. The smallest absolute Gasteiger partial charge is 0.255 e. The van der Waals surface area contributed by atoms with E-state index in [1.165, 1.54) is 15.3 Å². The number of aryl methyl sites for hydroxylation is 1. The highest BCUT2D eigenvalue weighted by atomic mass is 32.1. The highest BCUT2D eigenvalue weighted by Gasteiger charge is 2.41. The van der Waals surface area contributed by atoms with Crippen LogP contribution < -0.4 is 5.32 Å². The number of amides is 1. The van der Waals surface area contributed by atoms with Gasteiger partial charge in [0.05, 0.1) is 0 Å². The van der Waals surface area contributed by atoms with E-state index in [2.05, 4.69) is 36.5 Å². The lowest BCUT2D eigenvalue weighted by atomic mass is 9.91. The minimum Gasteiger partial charge on any atom is -0.379 e. The standard InChI is InChI=1S/C20H26N2O2S/c1-16-8-9-18(25-16)14-21-15-20(24)11-5-12-22(19(20)23)13-10-17-6-3-2-4-7-17/h2-4,6-9,21,24H,5,10-15H2,1H3/t20-/m1/s1. The summed E-state index contributed by atoms with van der Waals surface area (Å²) in [7, 11) is 0. The van der Waals surface area contributed by atoms with Crippen molar-refractivity contribution in [1.82, 2.24) is 10.2 Å². The second-order valence-corrected chi connectivity index (χ2v) is 8.15. The number of likely N-dealkylation sites (tertiary alicyclic amines) is 1. The Bertz CT molecular complexity index is 701. The van der Waals surface area contributed by atoms with Gasteiger partial charge in [0.2, 0.25) is 0 Å². The number of hydrogen-bond acceptors (Lipinski definition) is 4. The molecule has 2 heterocycles. The molecule has 2 aromatic rings. The van der Waals surface area contributed by atoms with Crippen LogP contribution in [0.3, 0.4) is 0 Å². The fourth-order valence-electron chi connectivity index (χ4n) is 3.32. The first-order chi connectivity index (χ1) is 12.1. The molecular formula is C20H26N2O2S. The molecule has 1 fully saturated rings. The Morgan fingerprint density at radius 2 is 2.04 bits per heavy atom. The zero-order chi connectivity index (χ0) is 17.7. The van der Waals surface area contributed by atoms with E-state index in [0.717, 1.165) is 19.4 Å². The van der Waals surface area contributed by atoms with E-state index in [1.807, 2.05) is 23.1 Å². The van der Waals surface area contributed by atoms with Gasteiger partial charge in [0.25, 0.3) is 5.91 Å². The Hall–Kier alpha value is -1.69. The third-order valence-corrected chi connectivity index (χ3v) is 5.73. The fraction of sp³-hybridized carbons (Fsp3) is 0.450. The maximum atomic E-state index is 12.8. The van der Waals surface area contributed by atoms with Gasteiger partial charge in [0, 0.05) is 35.9 Å². The maximum Gasteiger partial charge on any atom is 0.255 e. The van der Waals surface area contributed by atoms with E-state index in [1.54, 1.807) is 11.3 Å². The summed E-state index contributed by atoms with van der Waals surface area (Å²) < 4.78 is 0. The molecule has 0 aliphatic carbocycles. The van der Waals surface area contributed by atoms with Crippen molar-refractivity contribution in [1.29, 1.82) is 0 Å². The van der Waals surface area contributed by atoms with Crippen LogP contribution >= 0.6 is 11.3 Å². The molecule has 0 unspecified atom stereocenters. The lowest BCUT2D eigenvalue weighted by molar-refractivity contribution is -0.156. The van der Waals surface area contributed by atoms with E-state index in [-0.39, 0.29) is 5.91 Å². The van der Waals surface area contributed by atoms with Crippen molar-refractivity contribution in [3.05, 3.63) is 57.8 Å². The van der Waals surface area contributed by atoms with Gasteiger partial charge in [-0.3, -0.25) is 4.79 Å². The molecule has 2 N–H and O–H groups in total. The van der Waals surface area contributed by atoms with Gasteiger partial charge in [-0.05, 0) is 43.9 Å². The molecular weight excluding hydrogens is 332 g/mol. The summed E-state index contributed by atoms with van der Waals surface area (Å²) in [5.74, 6) is -0.135. The first-order valence-electron chi connectivity index (χ1n) is 8.88. The highest BCUT2D eigenvalue weighted by Crippen LogP contribution is 2.23. The van der Waals surface area contributed by atoms with Crippen molar-refractivity contribution in [2.45, 2.75) is 38.3 Å². The molecule has 134 valence electrons. The number of hydrogen-bond donors (Lipinski definition) is 2. The van der Waals surface area contributed by atoms with E-state index in [9.17, 15) is 9.90 Å². The van der Waals surface area contributed by atoms with E-state index < -0.39 is 5.60 Å². The van der Waals surface area contributed by atoms with Gasteiger partial charge in [-0.2, -0.15) is 0 Å². The number of benzene rings is 1. The van der Waals surface area contributed by atoms with Crippen molar-refractivity contribution in [2.75, 3.05) is 19.6 Å². The van der Waals surface area contributed by atoms with Crippen LogP contribution in [0.1, 0.15) is 28.2 Å². The molecule has 1 amide bonds. The zero-order valence-corrected chi connectivity index (χ0v) is 15.5. The third kappa shape index (κ3) is 4.69. The Morgan fingerprint density at radius 3 is 2.76 bits per heavy atom. The number of carbonyl (C=O) groups excluding carboxylic acids is 1. The Balaban J connectivity index is 1.52. The van der Waals surface area contributed by atoms with Gasteiger partial charge in [-0.25, -0.2) is 0 Å². The first-order valence-corrected chi connectivity index (χ1v) is 9.70. The second kappa shape index (κ2) is 8.13. The van der Waals surface area contributed by atoms with Crippen LogP contribution in [0.25, 0.3) is 0 Å². The normalized spacial score (nSPS) is 20.9. The highest BCUT2D eigenvalue weighted by molar-refractivity contribution is 7.11. The molecule has 0 radical (unpaired) electrons. The van der Waals surface area contributed by atoms with Crippen LogP contribution in [0.4, 0.5) is 0 Å². The molecule has 1 aliphatic rings. The first kappa shape index (κ1) is 18.1.